The number of benzene rings is 1. The van der Waals surface area contributed by atoms with Gasteiger partial charge in [0.05, 0.1) is 6.54 Å². The zero-order chi connectivity index (χ0) is 16.1. The number of nitrogens with one attached hydrogen (secondary N) is 1. The molecule has 1 N–H and O–H groups in total. The van der Waals surface area contributed by atoms with Crippen LogP contribution in [-0.4, -0.2) is 54.3 Å². The summed E-state index contributed by atoms with van der Waals surface area (Å²) in [6.45, 7) is 3.98. The molecule has 23 heavy (non-hydrogen) atoms. The van der Waals surface area contributed by atoms with Gasteiger partial charge in [0.2, 0.25) is 11.8 Å². The number of nitrogens with zero attached hydrogens (tertiary/aromatic N) is 2. The van der Waals surface area contributed by atoms with Crippen LogP contribution in [0.1, 0.15) is 25.7 Å². The van der Waals surface area contributed by atoms with Crippen molar-refractivity contribution in [3.63, 3.8) is 0 Å². The third kappa shape index (κ3) is 4.32. The van der Waals surface area contributed by atoms with E-state index in [2.05, 4.69) is 10.2 Å². The zero-order valence-corrected chi connectivity index (χ0v) is 13.5. The lowest BCUT2D eigenvalue weighted by Crippen LogP contribution is -2.44. The molecule has 1 aromatic rings. The monoisotopic (exact) mass is 315 g/mol. The summed E-state index contributed by atoms with van der Waals surface area (Å²) in [6.07, 6.45) is 3.92. The summed E-state index contributed by atoms with van der Waals surface area (Å²) >= 11 is 0. The lowest BCUT2D eigenvalue weighted by atomic mass is 9.96. The fourth-order valence-electron chi connectivity index (χ4n) is 3.38. The van der Waals surface area contributed by atoms with Gasteiger partial charge in [-0.1, -0.05) is 18.2 Å². The van der Waals surface area contributed by atoms with E-state index in [1.54, 1.807) is 0 Å². The predicted molar refractivity (Wildman–Crippen MR) is 90.0 cm³/mol. The molecular formula is C18H25N3O2. The molecule has 0 unspecified atom stereocenters. The topological polar surface area (TPSA) is 52.7 Å². The first kappa shape index (κ1) is 16.0. The van der Waals surface area contributed by atoms with Crippen LogP contribution in [0.2, 0.25) is 0 Å². The molecule has 2 amide bonds. The molecule has 2 aliphatic heterocycles. The minimum absolute atomic E-state index is 0.0494. The Morgan fingerprint density at radius 1 is 1.00 bits per heavy atom. The third-order valence-corrected chi connectivity index (χ3v) is 4.82. The van der Waals surface area contributed by atoms with E-state index in [9.17, 15) is 9.59 Å². The zero-order valence-electron chi connectivity index (χ0n) is 13.5. The van der Waals surface area contributed by atoms with Gasteiger partial charge in [-0.2, -0.15) is 0 Å². The van der Waals surface area contributed by atoms with Gasteiger partial charge in [0.25, 0.3) is 0 Å². The quantitative estimate of drug-likeness (QED) is 0.924. The summed E-state index contributed by atoms with van der Waals surface area (Å²) in [4.78, 5) is 28.6. The van der Waals surface area contributed by atoms with E-state index in [4.69, 9.17) is 0 Å². The van der Waals surface area contributed by atoms with Gasteiger partial charge < -0.3 is 10.2 Å². The molecule has 1 aromatic carbocycles. The average Bonchev–Trinajstić information content (AvgIpc) is 3.11. The highest BCUT2D eigenvalue weighted by Crippen LogP contribution is 2.20. The van der Waals surface area contributed by atoms with Crippen molar-refractivity contribution in [3.05, 3.63) is 30.3 Å². The Morgan fingerprint density at radius 2 is 1.65 bits per heavy atom. The van der Waals surface area contributed by atoms with Gasteiger partial charge in [0.1, 0.15) is 0 Å². The number of carbonyl (C=O) groups is 2. The Labute approximate surface area is 137 Å². The number of hydrogen-bond acceptors (Lipinski definition) is 3. The van der Waals surface area contributed by atoms with Crippen molar-refractivity contribution in [2.75, 3.05) is 38.0 Å². The van der Waals surface area contributed by atoms with Crippen molar-refractivity contribution >= 4 is 17.5 Å². The van der Waals surface area contributed by atoms with Gasteiger partial charge in [-0.25, -0.2) is 0 Å². The summed E-state index contributed by atoms with van der Waals surface area (Å²) in [7, 11) is 0. The van der Waals surface area contributed by atoms with Gasteiger partial charge in [0, 0.05) is 24.7 Å². The fourth-order valence-corrected chi connectivity index (χ4v) is 3.38. The molecule has 124 valence electrons. The first-order valence-electron chi connectivity index (χ1n) is 8.58. The van der Waals surface area contributed by atoms with Gasteiger partial charge in [-0.3, -0.25) is 14.5 Å². The van der Waals surface area contributed by atoms with E-state index in [-0.39, 0.29) is 17.7 Å². The van der Waals surface area contributed by atoms with Crippen molar-refractivity contribution in [2.24, 2.45) is 5.92 Å². The number of likely N-dealkylation sites (tertiary alicyclic amines) is 2. The smallest absolute Gasteiger partial charge is 0.236 e. The molecule has 2 aliphatic rings. The minimum atomic E-state index is 0.0494. The second-order valence-corrected chi connectivity index (χ2v) is 6.49. The van der Waals surface area contributed by atoms with E-state index < -0.39 is 0 Å². The Kier molecular flexibility index (Phi) is 5.28. The molecule has 5 nitrogen and oxygen atoms in total. The normalized spacial score (nSPS) is 19.7. The van der Waals surface area contributed by atoms with Crippen LogP contribution in [-0.2, 0) is 9.59 Å². The van der Waals surface area contributed by atoms with E-state index >= 15 is 0 Å². The van der Waals surface area contributed by atoms with Crippen LogP contribution in [0.5, 0.6) is 0 Å². The fraction of sp³-hybridized carbons (Fsp3) is 0.556. The molecule has 5 heteroatoms. The largest absolute Gasteiger partial charge is 0.342 e. The summed E-state index contributed by atoms with van der Waals surface area (Å²) in [6, 6.07) is 9.58. The first-order valence-corrected chi connectivity index (χ1v) is 8.58. The molecule has 0 bridgehead atoms. The van der Waals surface area contributed by atoms with Crippen LogP contribution in [0.3, 0.4) is 0 Å². The Balaban J connectivity index is 1.42. The standard InChI is InChI=1S/C18H25N3O2/c22-17(21-10-4-5-11-21)14-20-12-8-15(9-13-20)18(23)19-16-6-2-1-3-7-16/h1-3,6-7,15H,4-5,8-14H2,(H,19,23). The van der Waals surface area contributed by atoms with Crippen LogP contribution in [0.25, 0.3) is 0 Å². The number of para-hydroxylation sites is 1. The molecule has 2 heterocycles. The highest BCUT2D eigenvalue weighted by molar-refractivity contribution is 5.92. The van der Waals surface area contributed by atoms with E-state index in [0.29, 0.717) is 6.54 Å². The van der Waals surface area contributed by atoms with Gasteiger partial charge in [0.15, 0.2) is 0 Å². The maximum atomic E-state index is 12.3. The average molecular weight is 315 g/mol. The number of piperidine rings is 1. The number of hydrogen-bond donors (Lipinski definition) is 1. The van der Waals surface area contributed by atoms with Crippen molar-refractivity contribution in [2.45, 2.75) is 25.7 Å². The first-order chi connectivity index (χ1) is 11.2. The van der Waals surface area contributed by atoms with E-state index in [0.717, 1.165) is 57.5 Å². The maximum absolute atomic E-state index is 12.3. The van der Waals surface area contributed by atoms with Crippen LogP contribution < -0.4 is 5.32 Å². The summed E-state index contributed by atoms with van der Waals surface area (Å²) in [5, 5.41) is 2.98. The molecule has 2 fully saturated rings. The number of amides is 2. The van der Waals surface area contributed by atoms with Gasteiger partial charge in [-0.15, -0.1) is 0 Å². The molecule has 0 aliphatic carbocycles. The van der Waals surface area contributed by atoms with Crippen molar-refractivity contribution < 1.29 is 9.59 Å². The molecule has 0 radical (unpaired) electrons. The Bertz CT molecular complexity index is 532. The molecule has 2 saturated heterocycles. The third-order valence-electron chi connectivity index (χ3n) is 4.82. The highest BCUT2D eigenvalue weighted by atomic mass is 16.2. The number of anilines is 1. The molecule has 0 spiro atoms. The second kappa shape index (κ2) is 7.59. The molecular weight excluding hydrogens is 290 g/mol. The SMILES string of the molecule is O=C(Nc1ccccc1)C1CCN(CC(=O)N2CCCC2)CC1. The van der Waals surface area contributed by atoms with Crippen molar-refractivity contribution in [1.29, 1.82) is 0 Å². The van der Waals surface area contributed by atoms with Crippen LogP contribution in [0.15, 0.2) is 30.3 Å². The van der Waals surface area contributed by atoms with E-state index in [1.165, 1.54) is 0 Å². The number of rotatable bonds is 4. The van der Waals surface area contributed by atoms with Gasteiger partial charge >= 0.3 is 0 Å². The van der Waals surface area contributed by atoms with E-state index in [1.807, 2.05) is 35.2 Å². The predicted octanol–water partition coefficient (Wildman–Crippen LogP) is 1.96. The molecule has 3 rings (SSSR count). The lowest BCUT2D eigenvalue weighted by Gasteiger charge is -2.31. The van der Waals surface area contributed by atoms with Crippen molar-refractivity contribution in [3.8, 4) is 0 Å². The number of carbonyl (C=O) groups excluding carboxylic acids is 2. The Morgan fingerprint density at radius 3 is 2.30 bits per heavy atom. The van der Waals surface area contributed by atoms with Crippen molar-refractivity contribution in [1.82, 2.24) is 9.80 Å². The Hall–Kier alpha value is -1.88. The van der Waals surface area contributed by atoms with Crippen LogP contribution >= 0.6 is 0 Å². The minimum Gasteiger partial charge on any atom is -0.342 e. The summed E-state index contributed by atoms with van der Waals surface area (Å²) in [5.41, 5.74) is 0.851. The summed E-state index contributed by atoms with van der Waals surface area (Å²) in [5.74, 6) is 0.393. The summed E-state index contributed by atoms with van der Waals surface area (Å²) < 4.78 is 0. The second-order valence-electron chi connectivity index (χ2n) is 6.49. The maximum Gasteiger partial charge on any atom is 0.236 e. The lowest BCUT2D eigenvalue weighted by molar-refractivity contribution is -0.131. The highest BCUT2D eigenvalue weighted by Gasteiger charge is 2.27. The van der Waals surface area contributed by atoms with Crippen LogP contribution in [0.4, 0.5) is 5.69 Å². The molecule has 0 aromatic heterocycles. The molecule has 0 saturated carbocycles. The van der Waals surface area contributed by atoms with Crippen LogP contribution in [0, 0.1) is 5.92 Å². The molecule has 0 atom stereocenters. The van der Waals surface area contributed by atoms with Gasteiger partial charge in [-0.05, 0) is 50.9 Å².